The zero-order chi connectivity index (χ0) is 14.5. The van der Waals surface area contributed by atoms with Crippen LogP contribution >= 0.6 is 0 Å². The summed E-state index contributed by atoms with van der Waals surface area (Å²) in [5.74, 6) is -0.422. The summed E-state index contributed by atoms with van der Waals surface area (Å²) in [5.41, 5.74) is 0.837. The first kappa shape index (κ1) is 16.1. The summed E-state index contributed by atoms with van der Waals surface area (Å²) < 4.78 is 44.9. The van der Waals surface area contributed by atoms with Gasteiger partial charge in [0.25, 0.3) is 0 Å². The molecule has 1 aromatic rings. The molecule has 0 aromatic heterocycles. The Morgan fingerprint density at radius 3 is 2.32 bits per heavy atom. The molecule has 1 aromatic carbocycles. The van der Waals surface area contributed by atoms with Crippen molar-refractivity contribution in [2.45, 2.75) is 31.6 Å². The maximum Gasteiger partial charge on any atom is 0.241 e. The number of nitrogens with one attached hydrogen (secondary N) is 1. The minimum atomic E-state index is -3.58. The van der Waals surface area contributed by atoms with Gasteiger partial charge in [0.1, 0.15) is 5.82 Å². The summed E-state index contributed by atoms with van der Waals surface area (Å²) in [7, 11) is -1.98. The van der Waals surface area contributed by atoms with Gasteiger partial charge in [-0.1, -0.05) is 0 Å². The third kappa shape index (κ3) is 4.56. The standard InChI is InChI=1S/C13H20FNO3S/c1-10-8-12(14)9-11(2)13(10)19(16,17)15-6-4-5-7-18-3/h8-9,15H,4-7H2,1-3H3. The Hall–Kier alpha value is -0.980. The van der Waals surface area contributed by atoms with Gasteiger partial charge in [-0.3, -0.25) is 0 Å². The van der Waals surface area contributed by atoms with E-state index in [0.717, 1.165) is 6.42 Å². The van der Waals surface area contributed by atoms with Crippen molar-refractivity contribution in [1.29, 1.82) is 0 Å². The molecule has 19 heavy (non-hydrogen) atoms. The van der Waals surface area contributed by atoms with Gasteiger partial charge in [0.15, 0.2) is 0 Å². The molecule has 0 aliphatic carbocycles. The molecule has 0 aliphatic rings. The van der Waals surface area contributed by atoms with Gasteiger partial charge in [-0.15, -0.1) is 0 Å². The van der Waals surface area contributed by atoms with E-state index in [4.69, 9.17) is 4.74 Å². The summed E-state index contributed by atoms with van der Waals surface area (Å²) in [5, 5.41) is 0. The van der Waals surface area contributed by atoms with Crippen molar-refractivity contribution >= 4 is 10.0 Å². The van der Waals surface area contributed by atoms with Crippen molar-refractivity contribution in [2.24, 2.45) is 0 Å². The molecule has 6 heteroatoms. The van der Waals surface area contributed by atoms with Gasteiger partial charge in [0, 0.05) is 20.3 Å². The zero-order valence-corrected chi connectivity index (χ0v) is 12.3. The number of hydrogen-bond acceptors (Lipinski definition) is 3. The van der Waals surface area contributed by atoms with Gasteiger partial charge in [-0.25, -0.2) is 17.5 Å². The Morgan fingerprint density at radius 2 is 1.79 bits per heavy atom. The fourth-order valence-electron chi connectivity index (χ4n) is 1.97. The topological polar surface area (TPSA) is 55.4 Å². The van der Waals surface area contributed by atoms with Gasteiger partial charge in [0.2, 0.25) is 10.0 Å². The maximum atomic E-state index is 13.2. The van der Waals surface area contributed by atoms with E-state index < -0.39 is 15.8 Å². The van der Waals surface area contributed by atoms with E-state index in [-0.39, 0.29) is 4.90 Å². The lowest BCUT2D eigenvalue weighted by molar-refractivity contribution is 0.193. The molecule has 4 nitrogen and oxygen atoms in total. The highest BCUT2D eigenvalue weighted by molar-refractivity contribution is 7.89. The number of hydrogen-bond donors (Lipinski definition) is 1. The number of benzene rings is 1. The number of sulfonamides is 1. The fraction of sp³-hybridized carbons (Fsp3) is 0.538. The molecule has 0 atom stereocenters. The lowest BCUT2D eigenvalue weighted by Crippen LogP contribution is -2.26. The van der Waals surface area contributed by atoms with Crippen molar-refractivity contribution in [3.8, 4) is 0 Å². The average molecular weight is 289 g/mol. The lowest BCUT2D eigenvalue weighted by atomic mass is 10.1. The van der Waals surface area contributed by atoms with E-state index in [1.165, 1.54) is 12.1 Å². The number of halogens is 1. The summed E-state index contributed by atoms with van der Waals surface area (Å²) in [6.45, 7) is 4.14. The predicted octanol–water partition coefficient (Wildman–Crippen LogP) is 2.15. The Morgan fingerprint density at radius 1 is 1.21 bits per heavy atom. The van der Waals surface area contributed by atoms with Gasteiger partial charge in [-0.05, 0) is 49.9 Å². The molecule has 108 valence electrons. The van der Waals surface area contributed by atoms with Crippen LogP contribution in [0.2, 0.25) is 0 Å². The number of ether oxygens (including phenoxy) is 1. The molecule has 0 radical (unpaired) electrons. The summed E-state index contributed by atoms with van der Waals surface area (Å²) >= 11 is 0. The minimum absolute atomic E-state index is 0.167. The molecular formula is C13H20FNO3S. The average Bonchev–Trinajstić information content (AvgIpc) is 2.26. The molecule has 0 saturated carbocycles. The van der Waals surface area contributed by atoms with Crippen LogP contribution < -0.4 is 4.72 Å². The molecule has 0 bridgehead atoms. The molecule has 0 fully saturated rings. The first-order valence-electron chi connectivity index (χ1n) is 6.14. The monoisotopic (exact) mass is 289 g/mol. The van der Waals surface area contributed by atoms with Gasteiger partial charge < -0.3 is 4.74 Å². The van der Waals surface area contributed by atoms with E-state index >= 15 is 0 Å². The normalized spacial score (nSPS) is 11.8. The Kier molecular flexibility index (Phi) is 5.90. The van der Waals surface area contributed by atoms with Crippen LogP contribution in [0.4, 0.5) is 4.39 Å². The smallest absolute Gasteiger partial charge is 0.241 e. The molecular weight excluding hydrogens is 269 g/mol. The van der Waals surface area contributed by atoms with E-state index in [2.05, 4.69) is 4.72 Å². The number of aryl methyl sites for hydroxylation is 2. The van der Waals surface area contributed by atoms with E-state index in [1.807, 2.05) is 0 Å². The first-order valence-corrected chi connectivity index (χ1v) is 7.62. The maximum absolute atomic E-state index is 13.2. The molecule has 0 amide bonds. The molecule has 0 aliphatic heterocycles. The highest BCUT2D eigenvalue weighted by Gasteiger charge is 2.19. The van der Waals surface area contributed by atoms with Crippen LogP contribution in [0.1, 0.15) is 24.0 Å². The molecule has 0 heterocycles. The quantitative estimate of drug-likeness (QED) is 0.783. The van der Waals surface area contributed by atoms with Gasteiger partial charge in [-0.2, -0.15) is 0 Å². The number of methoxy groups -OCH3 is 1. The van der Waals surface area contributed by atoms with E-state index in [9.17, 15) is 12.8 Å². The lowest BCUT2D eigenvalue weighted by Gasteiger charge is -2.12. The van der Waals surface area contributed by atoms with Gasteiger partial charge >= 0.3 is 0 Å². The number of unbranched alkanes of at least 4 members (excludes halogenated alkanes) is 1. The third-order valence-electron chi connectivity index (χ3n) is 2.76. The Labute approximate surface area is 114 Å². The Bertz CT molecular complexity index is 506. The molecule has 0 unspecified atom stereocenters. The zero-order valence-electron chi connectivity index (χ0n) is 11.5. The number of rotatable bonds is 7. The highest BCUT2D eigenvalue weighted by atomic mass is 32.2. The van der Waals surface area contributed by atoms with Crippen molar-refractivity contribution in [1.82, 2.24) is 4.72 Å². The largest absolute Gasteiger partial charge is 0.385 e. The summed E-state index contributed by atoms with van der Waals surface area (Å²) in [6, 6.07) is 2.46. The van der Waals surface area contributed by atoms with E-state index in [1.54, 1.807) is 21.0 Å². The second kappa shape index (κ2) is 6.98. The summed E-state index contributed by atoms with van der Waals surface area (Å²) in [4.78, 5) is 0.167. The van der Waals surface area contributed by atoms with Crippen LogP contribution in [0, 0.1) is 19.7 Å². The van der Waals surface area contributed by atoms with Crippen molar-refractivity contribution < 1.29 is 17.5 Å². The molecule has 0 spiro atoms. The molecule has 1 N–H and O–H groups in total. The van der Waals surface area contributed by atoms with Crippen molar-refractivity contribution in [2.75, 3.05) is 20.3 Å². The van der Waals surface area contributed by atoms with E-state index in [0.29, 0.717) is 30.7 Å². The predicted molar refractivity (Wildman–Crippen MR) is 72.2 cm³/mol. The van der Waals surface area contributed by atoms with Crippen LogP contribution in [0.15, 0.2) is 17.0 Å². The van der Waals surface area contributed by atoms with Gasteiger partial charge in [0.05, 0.1) is 4.90 Å². The highest BCUT2D eigenvalue weighted by Crippen LogP contribution is 2.21. The fourth-order valence-corrected chi connectivity index (χ4v) is 3.49. The minimum Gasteiger partial charge on any atom is -0.385 e. The first-order chi connectivity index (χ1) is 8.88. The second-order valence-corrected chi connectivity index (χ2v) is 6.17. The van der Waals surface area contributed by atoms with Crippen molar-refractivity contribution in [3.05, 3.63) is 29.1 Å². The second-order valence-electron chi connectivity index (χ2n) is 4.47. The molecule has 1 rings (SSSR count). The van der Waals surface area contributed by atoms with Crippen molar-refractivity contribution in [3.63, 3.8) is 0 Å². The Balaban J connectivity index is 2.78. The summed E-state index contributed by atoms with van der Waals surface area (Å²) in [6.07, 6.45) is 1.49. The van der Waals surface area contributed by atoms with Crippen LogP contribution in [-0.2, 0) is 14.8 Å². The van der Waals surface area contributed by atoms with Crippen LogP contribution in [0.3, 0.4) is 0 Å². The van der Waals surface area contributed by atoms with Crippen LogP contribution in [0.25, 0.3) is 0 Å². The third-order valence-corrected chi connectivity index (χ3v) is 4.53. The van der Waals surface area contributed by atoms with Crippen LogP contribution in [-0.4, -0.2) is 28.7 Å². The molecule has 0 saturated heterocycles. The SMILES string of the molecule is COCCCCNS(=O)(=O)c1c(C)cc(F)cc1C. The van der Waals surface area contributed by atoms with Crippen LogP contribution in [0.5, 0.6) is 0 Å².